The molecule has 1 aromatic carbocycles. The van der Waals surface area contributed by atoms with Crippen LogP contribution in [-0.2, 0) is 6.61 Å². The van der Waals surface area contributed by atoms with Crippen molar-refractivity contribution in [3.63, 3.8) is 0 Å². The molecule has 1 heterocycles. The van der Waals surface area contributed by atoms with Crippen LogP contribution in [0.15, 0.2) is 65.9 Å². The van der Waals surface area contributed by atoms with Crippen LogP contribution in [0.5, 0.6) is 5.75 Å². The van der Waals surface area contributed by atoms with Gasteiger partial charge in [-0.3, -0.25) is 0 Å². The summed E-state index contributed by atoms with van der Waals surface area (Å²) in [5.74, 6) is 0.629. The number of halogens is 1. The van der Waals surface area contributed by atoms with Crippen LogP contribution in [0.3, 0.4) is 0 Å². The third-order valence-electron chi connectivity index (χ3n) is 2.42. The third kappa shape index (κ3) is 3.73. The lowest BCUT2D eigenvalue weighted by Crippen LogP contribution is -2.17. The van der Waals surface area contributed by atoms with E-state index in [0.29, 0.717) is 23.5 Å². The molecule has 98 valence electrons. The molecule has 0 fully saturated rings. The van der Waals surface area contributed by atoms with Gasteiger partial charge in [0.05, 0.1) is 0 Å². The van der Waals surface area contributed by atoms with Crippen LogP contribution < -0.4 is 10.2 Å². The van der Waals surface area contributed by atoms with Gasteiger partial charge in [-0.25, -0.2) is 9.08 Å². The number of nitrogens with zero attached hydrogens (tertiary/aromatic N) is 2. The van der Waals surface area contributed by atoms with Crippen molar-refractivity contribution < 1.29 is 4.74 Å². The van der Waals surface area contributed by atoms with Crippen LogP contribution in [0.1, 0.15) is 12.5 Å². The van der Waals surface area contributed by atoms with Gasteiger partial charge < -0.3 is 4.74 Å². The first-order valence-corrected chi connectivity index (χ1v) is 6.25. The summed E-state index contributed by atoms with van der Waals surface area (Å²) in [7, 11) is 0. The molecule has 0 aliphatic carbocycles. The average molecular weight is 275 g/mol. The number of hydrogen-bond donors (Lipinski definition) is 0. The van der Waals surface area contributed by atoms with E-state index in [1.165, 1.54) is 4.09 Å². The average Bonchev–Trinajstić information content (AvgIpc) is 2.40. The predicted molar refractivity (Wildman–Crippen MR) is 76.8 cm³/mol. The van der Waals surface area contributed by atoms with Crippen LogP contribution in [0.4, 0.5) is 0 Å². The summed E-state index contributed by atoms with van der Waals surface area (Å²) < 4.78 is 7.16. The Morgan fingerprint density at radius 2 is 2.00 bits per heavy atom. The van der Waals surface area contributed by atoms with Crippen molar-refractivity contribution in [3.05, 3.63) is 72.0 Å². The second kappa shape index (κ2) is 6.25. The number of allylic oxidation sites excluding steroid dienone is 1. The zero-order valence-electron chi connectivity index (χ0n) is 10.7. The maximum absolute atomic E-state index is 6.06. The first-order chi connectivity index (χ1) is 9.16. The summed E-state index contributed by atoms with van der Waals surface area (Å²) in [4.78, 5) is 4.28. The van der Waals surface area contributed by atoms with Gasteiger partial charge in [0.25, 0.3) is 0 Å². The van der Waals surface area contributed by atoms with Crippen molar-refractivity contribution in [1.29, 1.82) is 0 Å². The lowest BCUT2D eigenvalue weighted by Gasteiger charge is -2.08. The summed E-state index contributed by atoms with van der Waals surface area (Å²) in [6, 6.07) is 13.6. The van der Waals surface area contributed by atoms with Crippen LogP contribution in [0.25, 0.3) is 0 Å². The summed E-state index contributed by atoms with van der Waals surface area (Å²) in [5.41, 5.74) is 2.31. The quantitative estimate of drug-likeness (QED) is 0.838. The fourth-order valence-electron chi connectivity index (χ4n) is 1.59. The van der Waals surface area contributed by atoms with Gasteiger partial charge in [-0.2, -0.15) is 0 Å². The van der Waals surface area contributed by atoms with Crippen molar-refractivity contribution in [1.82, 2.24) is 4.09 Å². The molecular weight excluding hydrogens is 260 g/mol. The Kier molecular flexibility index (Phi) is 4.42. The topological polar surface area (TPSA) is 26.5 Å². The largest absolute Gasteiger partial charge is 0.485 e. The van der Waals surface area contributed by atoms with Crippen LogP contribution in [0, 0.1) is 0 Å². The van der Waals surface area contributed by atoms with E-state index in [-0.39, 0.29) is 0 Å². The molecule has 19 heavy (non-hydrogen) atoms. The van der Waals surface area contributed by atoms with Gasteiger partial charge in [0.2, 0.25) is 0 Å². The highest BCUT2D eigenvalue weighted by molar-refractivity contribution is 6.15. The molecule has 0 amide bonds. The minimum atomic E-state index is 0.473. The van der Waals surface area contributed by atoms with Crippen molar-refractivity contribution in [2.24, 2.45) is 4.99 Å². The van der Waals surface area contributed by atoms with Gasteiger partial charge in [0.15, 0.2) is 11.2 Å². The molecule has 0 N–H and O–H groups in total. The second-order valence-corrected chi connectivity index (χ2v) is 4.49. The van der Waals surface area contributed by atoms with Gasteiger partial charge >= 0.3 is 0 Å². The Morgan fingerprint density at radius 3 is 2.68 bits per heavy atom. The van der Waals surface area contributed by atoms with Crippen molar-refractivity contribution in [3.8, 4) is 5.75 Å². The SMILES string of the molecule is C=C(C)/N=c1/c(OCc2ccccc2)cccn1Cl. The number of pyridine rings is 1. The molecule has 4 heteroatoms. The lowest BCUT2D eigenvalue weighted by atomic mass is 10.2. The minimum absolute atomic E-state index is 0.473. The van der Waals surface area contributed by atoms with E-state index in [0.717, 1.165) is 5.56 Å². The molecule has 2 aromatic rings. The van der Waals surface area contributed by atoms with Crippen molar-refractivity contribution in [2.45, 2.75) is 13.5 Å². The van der Waals surface area contributed by atoms with E-state index < -0.39 is 0 Å². The number of hydrogen-bond acceptors (Lipinski definition) is 2. The Bertz CT molecular complexity index is 632. The molecule has 1 aromatic heterocycles. The molecule has 0 saturated carbocycles. The van der Waals surface area contributed by atoms with Gasteiger partial charge in [-0.15, -0.1) is 0 Å². The zero-order chi connectivity index (χ0) is 13.7. The maximum atomic E-state index is 6.06. The molecule has 0 aliphatic heterocycles. The van der Waals surface area contributed by atoms with Crippen LogP contribution in [-0.4, -0.2) is 4.09 Å². The van der Waals surface area contributed by atoms with E-state index in [1.807, 2.05) is 49.4 Å². The van der Waals surface area contributed by atoms with E-state index in [9.17, 15) is 0 Å². The molecule has 0 radical (unpaired) electrons. The molecule has 0 bridgehead atoms. The zero-order valence-corrected chi connectivity index (χ0v) is 11.5. The number of aromatic nitrogens is 1. The summed E-state index contributed by atoms with van der Waals surface area (Å²) in [6.45, 7) is 6.04. The minimum Gasteiger partial charge on any atom is -0.485 e. The Labute approximate surface area is 117 Å². The normalized spacial score (nSPS) is 11.4. The number of rotatable bonds is 4. The molecule has 0 aliphatic rings. The summed E-state index contributed by atoms with van der Waals surface area (Å²) in [6.07, 6.45) is 1.71. The number of ether oxygens (including phenoxy) is 1. The Balaban J connectivity index is 2.26. The highest BCUT2D eigenvalue weighted by atomic mass is 35.5. The van der Waals surface area contributed by atoms with E-state index in [1.54, 1.807) is 6.20 Å². The van der Waals surface area contributed by atoms with E-state index in [2.05, 4.69) is 11.6 Å². The molecule has 0 saturated heterocycles. The van der Waals surface area contributed by atoms with Crippen LogP contribution >= 0.6 is 11.8 Å². The monoisotopic (exact) mass is 274 g/mol. The highest BCUT2D eigenvalue weighted by Gasteiger charge is 2.02. The molecule has 3 nitrogen and oxygen atoms in total. The van der Waals surface area contributed by atoms with Gasteiger partial charge in [0, 0.05) is 23.7 Å². The third-order valence-corrected chi connectivity index (χ3v) is 2.69. The van der Waals surface area contributed by atoms with Gasteiger partial charge in [0.1, 0.15) is 6.61 Å². The van der Waals surface area contributed by atoms with Crippen LogP contribution in [0.2, 0.25) is 0 Å². The van der Waals surface area contributed by atoms with Crippen molar-refractivity contribution >= 4 is 11.8 Å². The summed E-state index contributed by atoms with van der Waals surface area (Å²) in [5, 5.41) is 0. The molecule has 0 spiro atoms. The molecule has 2 rings (SSSR count). The standard InChI is InChI=1S/C15H15ClN2O/c1-12(2)17-15-14(9-6-10-18(15)16)19-11-13-7-4-3-5-8-13/h3-10H,1,11H2,2H3/b17-15-. The van der Waals surface area contributed by atoms with E-state index >= 15 is 0 Å². The first kappa shape index (κ1) is 13.4. The molecular formula is C15H15ClN2O. The first-order valence-electron chi connectivity index (χ1n) is 5.91. The predicted octanol–water partition coefficient (Wildman–Crippen LogP) is 3.50. The molecule has 0 atom stereocenters. The van der Waals surface area contributed by atoms with Gasteiger partial charge in [-0.05, 0) is 24.6 Å². The number of benzene rings is 1. The maximum Gasteiger partial charge on any atom is 0.190 e. The van der Waals surface area contributed by atoms with E-state index in [4.69, 9.17) is 16.5 Å². The summed E-state index contributed by atoms with van der Waals surface area (Å²) >= 11 is 6.06. The second-order valence-electron chi connectivity index (χ2n) is 4.13. The Morgan fingerprint density at radius 1 is 1.26 bits per heavy atom. The Hall–Kier alpha value is -2.00. The highest BCUT2D eigenvalue weighted by Crippen LogP contribution is 2.08. The van der Waals surface area contributed by atoms with Gasteiger partial charge in [-0.1, -0.05) is 36.9 Å². The smallest absolute Gasteiger partial charge is 0.190 e. The molecule has 0 unspecified atom stereocenters. The van der Waals surface area contributed by atoms with Crippen molar-refractivity contribution in [2.75, 3.05) is 0 Å². The lowest BCUT2D eigenvalue weighted by molar-refractivity contribution is 0.300. The fraction of sp³-hybridized carbons (Fsp3) is 0.133. The fourth-order valence-corrected chi connectivity index (χ4v) is 1.77.